The number of benzene rings is 7. The van der Waals surface area contributed by atoms with Crippen LogP contribution in [0.5, 0.6) is 11.5 Å². The van der Waals surface area contributed by atoms with Gasteiger partial charge >= 0.3 is 654 Å². The van der Waals surface area contributed by atoms with Crippen LogP contribution in [0.25, 0.3) is 11.1 Å². The van der Waals surface area contributed by atoms with Crippen LogP contribution in [-0.2, 0) is 8.73 Å². The van der Waals surface area contributed by atoms with Gasteiger partial charge in [0.15, 0.2) is 0 Å². The van der Waals surface area contributed by atoms with Gasteiger partial charge in [-0.25, -0.2) is 0 Å². The van der Waals surface area contributed by atoms with Gasteiger partial charge < -0.3 is 0 Å². The summed E-state index contributed by atoms with van der Waals surface area (Å²) in [6, 6.07) is 64.1. The number of hydrogen-bond acceptors (Lipinski definition) is 11. The number of fused-ring (bicyclic) bond motifs is 5. The van der Waals surface area contributed by atoms with E-state index in [4.69, 9.17) is 28.3 Å². The number of halogens is 2. The van der Waals surface area contributed by atoms with Gasteiger partial charge in [0.2, 0.25) is 0 Å². The summed E-state index contributed by atoms with van der Waals surface area (Å²) in [5, 5.41) is 0. The van der Waals surface area contributed by atoms with Gasteiger partial charge in [-0.2, -0.15) is 0 Å². The molecule has 15 rings (SSSR count). The van der Waals surface area contributed by atoms with Gasteiger partial charge in [-0.1, -0.05) is 14.9 Å². The van der Waals surface area contributed by atoms with E-state index in [-0.39, 0.29) is 14.9 Å². The molecule has 7 aromatic carbocycles. The van der Waals surface area contributed by atoms with E-state index >= 15 is 0 Å². The van der Waals surface area contributed by atoms with Gasteiger partial charge in [0.1, 0.15) is 0 Å². The van der Waals surface area contributed by atoms with E-state index in [0.29, 0.717) is 0 Å². The molecule has 7 aromatic rings. The molecule has 8 heterocycles. The zero-order chi connectivity index (χ0) is 65.6. The molecule has 8 aliphatic heterocycles. The Kier molecular flexibility index (Phi) is 47.1. The fourth-order valence-corrected chi connectivity index (χ4v) is 89.4. The van der Waals surface area contributed by atoms with Crippen LogP contribution in [0.1, 0.15) is 27.7 Å². The van der Waals surface area contributed by atoms with Crippen molar-refractivity contribution in [2.24, 2.45) is 0 Å². The van der Waals surface area contributed by atoms with Crippen molar-refractivity contribution in [2.75, 3.05) is 51.9 Å². The predicted molar refractivity (Wildman–Crippen MR) is 436 cm³/mol. The topological polar surface area (TPSA) is 60.5 Å². The molecule has 0 amide bonds. The zero-order valence-corrected chi connectivity index (χ0v) is 92.9. The van der Waals surface area contributed by atoms with Crippen molar-refractivity contribution >= 4 is 274 Å². The van der Waals surface area contributed by atoms with Gasteiger partial charge in [-0.15, -0.1) is 0 Å². The second-order valence-corrected chi connectivity index (χ2v) is 144. The summed E-state index contributed by atoms with van der Waals surface area (Å²) >= 11 is -15.4. The van der Waals surface area contributed by atoms with Gasteiger partial charge in [0.25, 0.3) is 0 Å². The molecule has 508 valence electrons. The van der Waals surface area contributed by atoms with Crippen molar-refractivity contribution < 1.29 is 14.4 Å². The fourth-order valence-electron chi connectivity index (χ4n) is 9.07. The summed E-state index contributed by atoms with van der Waals surface area (Å²) < 4.78 is 72.9. The molecule has 0 unspecified atom stereocenters. The zero-order valence-electron chi connectivity index (χ0n) is 54.5. The predicted octanol–water partition coefficient (Wildman–Crippen LogP) is 16.9. The molecule has 8 aliphatic rings. The second-order valence-electron chi connectivity index (χ2n) is 21.3. The molecule has 0 N–H and O–H groups in total. The maximum absolute atomic E-state index is 10.9. The number of para-hydroxylation sites is 2. The number of rotatable bonds is 3. The van der Waals surface area contributed by atoms with E-state index < -0.39 is 206 Å². The molecule has 0 saturated carbocycles. The minimum absolute atomic E-state index is 0. The number of allylic oxidation sites excluding steroid dienone is 2. The van der Waals surface area contributed by atoms with E-state index in [1.807, 2.05) is 125 Å². The van der Waals surface area contributed by atoms with Crippen LogP contribution < -0.4 is 22.3 Å². The van der Waals surface area contributed by atoms with Crippen LogP contribution in [0, 0.1) is 0 Å². The average Bonchev–Trinajstić information content (AvgIpc) is 1.73. The molecular formula is C70H99Bi9Cl2N2O5S4Te. The van der Waals surface area contributed by atoms with Crippen LogP contribution in [-0.4, -0.2) is 264 Å². The van der Waals surface area contributed by atoms with Crippen LogP contribution in [0.3, 0.4) is 0 Å². The first-order valence-corrected chi connectivity index (χ1v) is 119. The molecule has 0 spiro atoms. The molecular weight excluding hydrogens is 3160 g/mol. The Bertz CT molecular complexity index is 3060. The Morgan fingerprint density at radius 1 is 0.505 bits per heavy atom. The Hall–Kier alpha value is 3.98. The van der Waals surface area contributed by atoms with E-state index in [1.165, 1.54) is 45.5 Å². The molecule has 93 heavy (non-hydrogen) atoms. The van der Waals surface area contributed by atoms with Gasteiger partial charge in [-0.3, -0.25) is 0 Å². The molecule has 0 radical (unpaired) electrons. The van der Waals surface area contributed by atoms with E-state index in [1.54, 1.807) is 27.6 Å². The van der Waals surface area contributed by atoms with E-state index in [2.05, 4.69) is 183 Å². The normalized spacial score (nSPS) is 17.6. The first-order chi connectivity index (χ1) is 43.7. The third-order valence-electron chi connectivity index (χ3n) is 14.3. The Morgan fingerprint density at radius 3 is 1.20 bits per heavy atom. The molecule has 0 aromatic heterocycles. The quantitative estimate of drug-likeness (QED) is 0.159. The average molecular weight is 3260 g/mol. The number of nitrogens with zero attached hydrogens (tertiary/aromatic N) is 2. The third kappa shape index (κ3) is 32.7. The Balaban J connectivity index is 0.000000224. The first-order valence-electron chi connectivity index (χ1n) is 29.8. The fraction of sp³-hybridized carbons (Fsp3) is 0.343. The molecule has 23 heteroatoms. The van der Waals surface area contributed by atoms with E-state index in [9.17, 15) is 3.10 Å². The molecule has 4 fully saturated rings. The summed E-state index contributed by atoms with van der Waals surface area (Å²) in [7, 11) is 27.0. The number of likely N-dealkylation sites (N-methyl/N-ethyl adjacent to an activating group) is 2. The van der Waals surface area contributed by atoms with Crippen LogP contribution >= 0.6 is 51.1 Å². The monoisotopic (exact) mass is 3260 g/mol. The number of hydrogen-bond donors (Lipinski definition) is 0. The second kappa shape index (κ2) is 49.0. The standard InChI is InChI=1S/C12H8.C7H8OTe.C6H6O2.C6H6S2.2C6H5.C4H10N2.C4H8.C4H4.C2H4O2.C2H6S2.2CH4.9CH3.9Bi.2ClH/c1-3-7-11(8-4-1)12-9-5-2-6-10-12;1-9(8)7-5-3-2-4-6-7;2*7-5-3-1-2-4-6(5)8;2*1-2-4-6-5-3-1;1-5-3-4-6-2;2*1-3-4-2;2*3-1-2-4;;;;;;;;;;;;;;;;;;;;;;/h1-7,9H;2-6H,1H3;2*1-4,7-8H;2*1-5H;3-4H2,1-2H3;1-4H2;1-4H;1-2H2;3-4H,1-2H2;2*1H4;9*1H3;;;;;;;;;;2*1H/q;;;;;;-2;;;-2;;;;;;;;;;;;;;;;6*+2;;/p-8. The molecule has 0 atom stereocenters. The van der Waals surface area contributed by atoms with Crippen molar-refractivity contribution in [2.45, 2.75) is 92.4 Å². The van der Waals surface area contributed by atoms with Gasteiger partial charge in [0, 0.05) is 0 Å². The molecule has 0 bridgehead atoms. The van der Waals surface area contributed by atoms with Crippen molar-refractivity contribution in [1.29, 1.82) is 0 Å². The van der Waals surface area contributed by atoms with E-state index in [0.717, 1.165) is 34.9 Å². The van der Waals surface area contributed by atoms with Crippen molar-refractivity contribution in [3.05, 3.63) is 208 Å². The van der Waals surface area contributed by atoms with Crippen LogP contribution in [0.4, 0.5) is 0 Å². The summed E-state index contributed by atoms with van der Waals surface area (Å²) in [6.45, 7) is 4.33. The van der Waals surface area contributed by atoms with Gasteiger partial charge in [0.05, 0.1) is 0 Å². The molecule has 4 saturated heterocycles. The SMILES string of the molecule is C.C.C[N]1CC[N](C)[Bi]1[CH3].C[Te](=O)c1ccccc1.[CH3][Bi]([Cl])([Cl])([c]1ccccc1)[c]1ccccc1.[CH3][Bi]1[CH2]CC[CH2]1.[CH3][Bi]1[CH]=CC=[CH]1.[CH3][Bi]1[O]CC[O]1.[CH3][Bi]1[O]c2ccccc2[O]1.[CH3][Bi]1[S]CC[S]1.[CH3][Bi]1[S]c2ccccc2[S]1.[CH3][Bi]1[c]2ccccc2-c2cccc[c]21. The van der Waals surface area contributed by atoms with Gasteiger partial charge in [-0.05, 0) is 0 Å². The Labute approximate surface area is 655 Å². The Morgan fingerprint density at radius 2 is 0.892 bits per heavy atom. The van der Waals surface area contributed by atoms with Crippen LogP contribution in [0.15, 0.2) is 218 Å². The summed E-state index contributed by atoms with van der Waals surface area (Å²) in [5.74, 6) is 4.78. The molecule has 0 aliphatic carbocycles. The first kappa shape index (κ1) is 89.4. The van der Waals surface area contributed by atoms with Crippen molar-refractivity contribution in [3.8, 4) is 22.6 Å². The third-order valence-corrected chi connectivity index (χ3v) is 111. The molecule has 7 nitrogen and oxygen atoms in total. The summed E-state index contributed by atoms with van der Waals surface area (Å²) in [5.41, 5.74) is 3.01. The van der Waals surface area contributed by atoms with Crippen LogP contribution in [0.2, 0.25) is 54.9 Å². The summed E-state index contributed by atoms with van der Waals surface area (Å²) in [6.07, 6.45) is 7.48. The van der Waals surface area contributed by atoms with Crippen molar-refractivity contribution in [3.63, 3.8) is 0 Å². The van der Waals surface area contributed by atoms with Crippen molar-refractivity contribution in [1.82, 2.24) is 5.69 Å². The maximum atomic E-state index is 10.9. The summed E-state index contributed by atoms with van der Waals surface area (Å²) in [4.78, 5) is 4.89. The minimum atomic E-state index is -4.00.